The van der Waals surface area contributed by atoms with E-state index in [9.17, 15) is 12.8 Å². The third-order valence-electron chi connectivity index (χ3n) is 3.45. The van der Waals surface area contributed by atoms with Crippen LogP contribution in [0.4, 0.5) is 4.39 Å². The minimum Gasteiger partial charge on any atom is -0.377 e. The molecule has 1 aliphatic rings. The molecule has 0 radical (unpaired) electrons. The molecule has 21 heavy (non-hydrogen) atoms. The van der Waals surface area contributed by atoms with Crippen molar-refractivity contribution in [2.75, 3.05) is 0 Å². The van der Waals surface area contributed by atoms with E-state index in [-0.39, 0.29) is 15.7 Å². The fourth-order valence-corrected chi connectivity index (χ4v) is 3.66. The Labute approximate surface area is 127 Å². The zero-order valence-corrected chi connectivity index (χ0v) is 12.5. The summed E-state index contributed by atoms with van der Waals surface area (Å²) in [5.41, 5.74) is 2.21. The summed E-state index contributed by atoms with van der Waals surface area (Å²) in [5.74, 6) is -0.638. The molecular weight excluding hydrogens is 315 g/mol. The maximum atomic E-state index is 13.0. The van der Waals surface area contributed by atoms with Gasteiger partial charge in [0, 0.05) is 0 Å². The van der Waals surface area contributed by atoms with Gasteiger partial charge in [0.15, 0.2) is 5.75 Å². The van der Waals surface area contributed by atoms with Crippen molar-refractivity contribution in [2.45, 2.75) is 24.2 Å². The maximum absolute atomic E-state index is 13.0. The number of hydrogen-bond acceptors (Lipinski definition) is 3. The minimum atomic E-state index is -3.98. The molecule has 0 heterocycles. The molecule has 0 unspecified atom stereocenters. The maximum Gasteiger partial charge on any atom is 0.339 e. The highest BCUT2D eigenvalue weighted by molar-refractivity contribution is 7.87. The van der Waals surface area contributed by atoms with E-state index < -0.39 is 15.9 Å². The van der Waals surface area contributed by atoms with Gasteiger partial charge in [-0.25, -0.2) is 4.39 Å². The fourth-order valence-electron chi connectivity index (χ4n) is 2.41. The van der Waals surface area contributed by atoms with Crippen LogP contribution in [0.3, 0.4) is 0 Å². The van der Waals surface area contributed by atoms with Crippen molar-refractivity contribution in [1.82, 2.24) is 0 Å². The number of halogens is 2. The Morgan fingerprint density at radius 3 is 2.57 bits per heavy atom. The lowest BCUT2D eigenvalue weighted by Crippen LogP contribution is -2.10. The summed E-state index contributed by atoms with van der Waals surface area (Å²) in [5, 5.41) is -0.0836. The van der Waals surface area contributed by atoms with Crippen molar-refractivity contribution in [2.24, 2.45) is 0 Å². The van der Waals surface area contributed by atoms with Gasteiger partial charge in [-0.1, -0.05) is 17.7 Å². The number of rotatable bonds is 3. The Morgan fingerprint density at radius 2 is 1.81 bits per heavy atom. The second-order valence-corrected chi connectivity index (χ2v) is 6.85. The molecule has 3 rings (SSSR count). The van der Waals surface area contributed by atoms with E-state index in [1.165, 1.54) is 17.7 Å². The molecule has 0 amide bonds. The van der Waals surface area contributed by atoms with Crippen molar-refractivity contribution in [1.29, 1.82) is 0 Å². The summed E-state index contributed by atoms with van der Waals surface area (Å²) >= 11 is 5.79. The summed E-state index contributed by atoms with van der Waals surface area (Å²) < 4.78 is 42.5. The molecule has 2 aromatic carbocycles. The average molecular weight is 327 g/mol. The Hall–Kier alpha value is -1.59. The molecule has 0 N–H and O–H groups in total. The minimum absolute atomic E-state index is 0.0836. The van der Waals surface area contributed by atoms with E-state index in [1.807, 2.05) is 6.07 Å². The van der Waals surface area contributed by atoms with Gasteiger partial charge in [-0.3, -0.25) is 0 Å². The Balaban J connectivity index is 1.93. The average Bonchev–Trinajstić information content (AvgIpc) is 2.89. The van der Waals surface area contributed by atoms with Crippen molar-refractivity contribution < 1.29 is 17.0 Å². The van der Waals surface area contributed by atoms with Crippen LogP contribution in [0, 0.1) is 5.82 Å². The smallest absolute Gasteiger partial charge is 0.339 e. The highest BCUT2D eigenvalue weighted by Gasteiger charge is 2.21. The molecule has 0 fully saturated rings. The first-order valence-corrected chi connectivity index (χ1v) is 8.26. The summed E-state index contributed by atoms with van der Waals surface area (Å²) in [7, 11) is -3.98. The van der Waals surface area contributed by atoms with Crippen LogP contribution >= 0.6 is 11.6 Å². The molecule has 110 valence electrons. The van der Waals surface area contributed by atoms with Crippen molar-refractivity contribution >= 4 is 21.7 Å². The summed E-state index contributed by atoms with van der Waals surface area (Å²) in [6.45, 7) is 0. The van der Waals surface area contributed by atoms with E-state index in [0.29, 0.717) is 0 Å². The van der Waals surface area contributed by atoms with Crippen LogP contribution in [0.2, 0.25) is 5.02 Å². The van der Waals surface area contributed by atoms with Crippen molar-refractivity contribution in [3.63, 3.8) is 0 Å². The third-order valence-corrected chi connectivity index (χ3v) is 4.98. The van der Waals surface area contributed by atoms with Gasteiger partial charge in [-0.15, -0.1) is 0 Å². The van der Waals surface area contributed by atoms with Gasteiger partial charge < -0.3 is 4.18 Å². The van der Waals surface area contributed by atoms with E-state index in [0.717, 1.165) is 37.0 Å². The predicted molar refractivity (Wildman–Crippen MR) is 77.7 cm³/mol. The lowest BCUT2D eigenvalue weighted by Gasteiger charge is -2.09. The molecule has 2 aromatic rings. The lowest BCUT2D eigenvalue weighted by atomic mass is 10.1. The number of fused-ring (bicyclic) bond motifs is 1. The zero-order chi connectivity index (χ0) is 15.0. The number of aryl methyl sites for hydroxylation is 2. The van der Waals surface area contributed by atoms with Gasteiger partial charge in [0.1, 0.15) is 10.7 Å². The van der Waals surface area contributed by atoms with Crippen LogP contribution < -0.4 is 4.18 Å². The van der Waals surface area contributed by atoms with Crippen LogP contribution in [-0.4, -0.2) is 8.42 Å². The van der Waals surface area contributed by atoms with E-state index in [4.69, 9.17) is 15.8 Å². The lowest BCUT2D eigenvalue weighted by molar-refractivity contribution is 0.485. The van der Waals surface area contributed by atoms with Gasteiger partial charge in [-0.05, 0) is 60.7 Å². The highest BCUT2D eigenvalue weighted by Crippen LogP contribution is 2.30. The second-order valence-electron chi connectivity index (χ2n) is 4.90. The standard InChI is InChI=1S/C15H12ClFO3S/c16-14-9-12(17)5-7-15(14)20-21(18,19)13-6-4-10-2-1-3-11(10)8-13/h4-9H,1-3H2. The van der Waals surface area contributed by atoms with E-state index in [1.54, 1.807) is 6.07 Å². The molecule has 0 saturated heterocycles. The topological polar surface area (TPSA) is 43.4 Å². The monoisotopic (exact) mass is 326 g/mol. The highest BCUT2D eigenvalue weighted by atomic mass is 35.5. The molecule has 3 nitrogen and oxygen atoms in total. The number of benzene rings is 2. The third kappa shape index (κ3) is 2.89. The molecule has 0 saturated carbocycles. The SMILES string of the molecule is O=S(=O)(Oc1ccc(F)cc1Cl)c1ccc2c(c1)CCC2. The Bertz CT molecular complexity index is 803. The normalized spacial score (nSPS) is 14.0. The molecule has 1 aliphatic carbocycles. The van der Waals surface area contributed by atoms with Crippen LogP contribution in [-0.2, 0) is 23.0 Å². The molecule has 0 spiro atoms. The quantitative estimate of drug-likeness (QED) is 0.807. The predicted octanol–water partition coefficient (Wildman–Crippen LogP) is 3.74. The summed E-state index contributed by atoms with van der Waals surface area (Å²) in [4.78, 5) is 0.0866. The van der Waals surface area contributed by atoms with Gasteiger partial charge in [0.05, 0.1) is 5.02 Å². The second kappa shape index (κ2) is 5.31. The summed E-state index contributed by atoms with van der Waals surface area (Å²) in [6.07, 6.45) is 2.87. The van der Waals surface area contributed by atoms with Crippen LogP contribution in [0.25, 0.3) is 0 Å². The first kappa shape index (κ1) is 14.4. The molecular formula is C15H12ClFO3S. The van der Waals surface area contributed by atoms with Crippen molar-refractivity contribution in [3.05, 3.63) is 58.4 Å². The van der Waals surface area contributed by atoms with Crippen molar-refractivity contribution in [3.8, 4) is 5.75 Å². The Morgan fingerprint density at radius 1 is 1.05 bits per heavy atom. The van der Waals surface area contributed by atoms with E-state index in [2.05, 4.69) is 0 Å². The molecule has 0 bridgehead atoms. The largest absolute Gasteiger partial charge is 0.377 e. The van der Waals surface area contributed by atoms with Gasteiger partial charge >= 0.3 is 10.1 Å². The fraction of sp³-hybridized carbons (Fsp3) is 0.200. The van der Waals surface area contributed by atoms with Gasteiger partial charge in [0.25, 0.3) is 0 Å². The first-order valence-electron chi connectivity index (χ1n) is 6.47. The van der Waals surface area contributed by atoms with Crippen LogP contribution in [0.15, 0.2) is 41.3 Å². The van der Waals surface area contributed by atoms with Crippen LogP contribution in [0.5, 0.6) is 5.75 Å². The van der Waals surface area contributed by atoms with Gasteiger partial charge in [-0.2, -0.15) is 8.42 Å². The zero-order valence-electron chi connectivity index (χ0n) is 11.0. The van der Waals surface area contributed by atoms with Crippen LogP contribution in [0.1, 0.15) is 17.5 Å². The molecule has 0 aromatic heterocycles. The van der Waals surface area contributed by atoms with Gasteiger partial charge in [0.2, 0.25) is 0 Å². The number of hydrogen-bond donors (Lipinski definition) is 0. The molecule has 0 aliphatic heterocycles. The first-order chi connectivity index (χ1) is 9.95. The Kier molecular flexibility index (Phi) is 3.63. The molecule has 6 heteroatoms. The summed E-state index contributed by atoms with van der Waals surface area (Å²) in [6, 6.07) is 8.27. The van der Waals surface area contributed by atoms with E-state index >= 15 is 0 Å². The molecule has 0 atom stereocenters.